The van der Waals surface area contributed by atoms with E-state index in [9.17, 15) is 18.4 Å². The van der Waals surface area contributed by atoms with Gasteiger partial charge in [0.25, 0.3) is 5.91 Å². The predicted octanol–water partition coefficient (Wildman–Crippen LogP) is 0.288. The lowest BCUT2D eigenvalue weighted by Crippen LogP contribution is -2.62. The third-order valence-electron chi connectivity index (χ3n) is 6.11. The van der Waals surface area contributed by atoms with Crippen molar-refractivity contribution in [2.45, 2.75) is 31.1 Å². The Labute approximate surface area is 198 Å². The molecule has 0 unspecified atom stereocenters. The first kappa shape index (κ1) is 25.3. The molecule has 0 saturated carbocycles. The fourth-order valence-electron chi connectivity index (χ4n) is 4.15. The van der Waals surface area contributed by atoms with Gasteiger partial charge in [0.05, 0.1) is 6.54 Å². The number of tetrazole rings is 1. The van der Waals surface area contributed by atoms with E-state index in [-0.39, 0.29) is 51.6 Å². The molecule has 33 heavy (non-hydrogen) atoms. The third kappa shape index (κ3) is 4.68. The number of benzene rings is 1. The number of hydrogen-bond donors (Lipinski definition) is 2. The lowest BCUT2D eigenvalue weighted by Gasteiger charge is -2.42. The highest BCUT2D eigenvalue weighted by atomic mass is 35.5. The Bertz CT molecular complexity index is 1050. The van der Waals surface area contributed by atoms with Crippen molar-refractivity contribution in [3.63, 3.8) is 0 Å². The number of carbonyl (C=O) groups is 1. The highest BCUT2D eigenvalue weighted by Crippen LogP contribution is 2.34. The second-order valence-corrected chi connectivity index (χ2v) is 10.0. The molecule has 0 bridgehead atoms. The molecule has 182 valence electrons. The zero-order chi connectivity index (χ0) is 22.8. The van der Waals surface area contributed by atoms with Crippen molar-refractivity contribution in [1.82, 2.24) is 30.0 Å². The molecule has 0 atom stereocenters. The molecule has 12 nitrogen and oxygen atoms in total. The van der Waals surface area contributed by atoms with E-state index in [1.165, 1.54) is 9.10 Å². The molecule has 0 radical (unpaired) electrons. The van der Waals surface area contributed by atoms with Crippen molar-refractivity contribution in [2.24, 2.45) is 0 Å². The van der Waals surface area contributed by atoms with Crippen LogP contribution in [0.2, 0.25) is 0 Å². The van der Waals surface area contributed by atoms with E-state index in [1.54, 1.807) is 5.48 Å². The zero-order valence-electron chi connectivity index (χ0n) is 18.3. The topological polar surface area (TPSA) is 143 Å². The van der Waals surface area contributed by atoms with Crippen LogP contribution >= 0.6 is 12.4 Å². The number of nitrogens with one attached hydrogen (secondary N) is 1. The largest absolute Gasteiger partial charge is 0.381 e. The number of rotatable bonds is 6. The van der Waals surface area contributed by atoms with Crippen molar-refractivity contribution < 1.29 is 23.2 Å². The molecule has 1 aromatic heterocycles. The molecule has 1 aromatic carbocycles. The van der Waals surface area contributed by atoms with Crippen molar-refractivity contribution in [2.75, 3.05) is 44.3 Å². The normalized spacial score (nSPS) is 19.0. The summed E-state index contributed by atoms with van der Waals surface area (Å²) in [5.41, 5.74) is 3.37. The number of hydrogen-bond acceptors (Lipinski definition) is 9. The molecule has 2 fully saturated rings. The quantitative estimate of drug-likeness (QED) is 0.421. The van der Waals surface area contributed by atoms with Crippen LogP contribution in [0.3, 0.4) is 0 Å². The van der Waals surface area contributed by atoms with E-state index in [4.69, 9.17) is 4.74 Å². The number of nitrogens with zero attached hydrogens (tertiary/aromatic N) is 6. The number of carbonyl (C=O) groups excluding carboxylic acids is 1. The van der Waals surface area contributed by atoms with Gasteiger partial charge in [0.15, 0.2) is 4.75 Å². The van der Waals surface area contributed by atoms with Gasteiger partial charge < -0.3 is 9.64 Å². The number of ether oxygens (including phenoxy) is 1. The van der Waals surface area contributed by atoms with Crippen LogP contribution < -0.4 is 10.4 Å². The van der Waals surface area contributed by atoms with Crippen molar-refractivity contribution in [3.05, 3.63) is 24.3 Å². The number of amides is 1. The molecule has 4 rings (SSSR count). The molecule has 2 aliphatic heterocycles. The summed E-state index contributed by atoms with van der Waals surface area (Å²) < 4.78 is 31.7. The number of hydroxylamine groups is 1. The first-order valence-corrected chi connectivity index (χ1v) is 12.0. The zero-order valence-corrected chi connectivity index (χ0v) is 19.9. The maximum absolute atomic E-state index is 13.4. The molecular weight excluding hydrogens is 474 g/mol. The summed E-state index contributed by atoms with van der Waals surface area (Å²) in [6.45, 7) is 4.35. The number of halogens is 1. The van der Waals surface area contributed by atoms with Crippen LogP contribution in [0.15, 0.2) is 24.3 Å². The fourth-order valence-corrected chi connectivity index (χ4v) is 6.25. The van der Waals surface area contributed by atoms with E-state index in [0.29, 0.717) is 25.5 Å². The highest BCUT2D eigenvalue weighted by molar-refractivity contribution is 7.91. The summed E-state index contributed by atoms with van der Waals surface area (Å²) in [5.74, 6) is -0.342. The van der Waals surface area contributed by atoms with Gasteiger partial charge in [-0.1, -0.05) is 0 Å². The van der Waals surface area contributed by atoms with Gasteiger partial charge in [0.2, 0.25) is 15.8 Å². The fraction of sp³-hybridized carbons (Fsp3) is 0.579. The SMILES string of the molecule is CCn1nnc(-c2ccc(N3CCN(S(=O)(=O)C4(C(=O)NO)CCOCC4)CC3)cc2)n1.Cl. The van der Waals surface area contributed by atoms with Crippen molar-refractivity contribution >= 4 is 34.0 Å². The first-order chi connectivity index (χ1) is 15.4. The summed E-state index contributed by atoms with van der Waals surface area (Å²) in [4.78, 5) is 16.0. The van der Waals surface area contributed by atoms with E-state index in [2.05, 4.69) is 20.3 Å². The van der Waals surface area contributed by atoms with E-state index >= 15 is 0 Å². The molecule has 2 aromatic rings. The first-order valence-electron chi connectivity index (χ1n) is 10.6. The Morgan fingerprint density at radius 2 is 1.79 bits per heavy atom. The molecular formula is C19H28ClN7O5S. The van der Waals surface area contributed by atoms with E-state index < -0.39 is 20.7 Å². The number of anilines is 1. The van der Waals surface area contributed by atoms with Crippen LogP contribution in [0, 0.1) is 0 Å². The minimum absolute atomic E-state index is 0. The van der Waals surface area contributed by atoms with Gasteiger partial charge in [0.1, 0.15) is 0 Å². The molecule has 0 aliphatic carbocycles. The van der Waals surface area contributed by atoms with Crippen LogP contribution in [0.25, 0.3) is 11.4 Å². The van der Waals surface area contributed by atoms with Crippen LogP contribution in [0.4, 0.5) is 5.69 Å². The van der Waals surface area contributed by atoms with E-state index in [1.807, 2.05) is 31.2 Å². The summed E-state index contributed by atoms with van der Waals surface area (Å²) in [7, 11) is -3.98. The minimum atomic E-state index is -3.98. The Balaban J connectivity index is 0.00000306. The van der Waals surface area contributed by atoms with Gasteiger partial charge in [0, 0.05) is 63.5 Å². The van der Waals surface area contributed by atoms with Crippen LogP contribution in [-0.4, -0.2) is 88.2 Å². The van der Waals surface area contributed by atoms with Gasteiger partial charge in [-0.3, -0.25) is 10.0 Å². The van der Waals surface area contributed by atoms with Gasteiger partial charge >= 0.3 is 0 Å². The smallest absolute Gasteiger partial charge is 0.266 e. The summed E-state index contributed by atoms with van der Waals surface area (Å²) >= 11 is 0. The van der Waals surface area contributed by atoms with Gasteiger partial charge in [-0.25, -0.2) is 13.9 Å². The standard InChI is InChI=1S/C19H27N7O5S.ClH/c1-2-26-21-17(20-23-26)15-3-5-16(6-4-15)24-9-11-25(12-10-24)32(29,30)19(18(27)22-28)7-13-31-14-8-19;/h3-6,28H,2,7-14H2,1H3,(H,22,27);1H. The van der Waals surface area contributed by atoms with Crippen LogP contribution in [0.5, 0.6) is 0 Å². The Hall–Kier alpha value is -2.32. The van der Waals surface area contributed by atoms with Crippen LogP contribution in [-0.2, 0) is 26.1 Å². The number of aryl methyl sites for hydroxylation is 1. The predicted molar refractivity (Wildman–Crippen MR) is 122 cm³/mol. The summed E-state index contributed by atoms with van der Waals surface area (Å²) in [6, 6.07) is 7.73. The molecule has 1 amide bonds. The maximum Gasteiger partial charge on any atom is 0.266 e. The number of piperazine rings is 1. The number of sulfonamides is 1. The Kier molecular flexibility index (Phi) is 7.90. The molecule has 2 aliphatic rings. The third-order valence-corrected chi connectivity index (χ3v) is 8.74. The summed E-state index contributed by atoms with van der Waals surface area (Å²) in [5, 5.41) is 21.5. The Morgan fingerprint density at radius 3 is 2.33 bits per heavy atom. The average molecular weight is 502 g/mol. The summed E-state index contributed by atoms with van der Waals surface area (Å²) in [6.07, 6.45) is 0.0280. The molecule has 14 heteroatoms. The van der Waals surface area contributed by atoms with Crippen molar-refractivity contribution in [3.8, 4) is 11.4 Å². The van der Waals surface area contributed by atoms with Gasteiger partial charge in [-0.15, -0.1) is 22.6 Å². The molecule has 3 heterocycles. The second-order valence-electron chi connectivity index (χ2n) is 7.79. The minimum Gasteiger partial charge on any atom is -0.381 e. The molecule has 2 saturated heterocycles. The van der Waals surface area contributed by atoms with Gasteiger partial charge in [-0.2, -0.15) is 9.10 Å². The lowest BCUT2D eigenvalue weighted by molar-refractivity contribution is -0.134. The van der Waals surface area contributed by atoms with E-state index in [0.717, 1.165) is 11.3 Å². The van der Waals surface area contributed by atoms with Crippen LogP contribution in [0.1, 0.15) is 19.8 Å². The monoisotopic (exact) mass is 501 g/mol. The Morgan fingerprint density at radius 1 is 1.15 bits per heavy atom. The highest BCUT2D eigenvalue weighted by Gasteiger charge is 2.54. The van der Waals surface area contributed by atoms with Gasteiger partial charge in [-0.05, 0) is 36.4 Å². The second kappa shape index (κ2) is 10.3. The molecule has 2 N–H and O–H groups in total. The lowest BCUT2D eigenvalue weighted by atomic mass is 9.98. The number of aromatic nitrogens is 4. The molecule has 0 spiro atoms. The van der Waals surface area contributed by atoms with Crippen molar-refractivity contribution in [1.29, 1.82) is 0 Å². The average Bonchev–Trinajstić information content (AvgIpc) is 3.33. The maximum atomic E-state index is 13.4.